The van der Waals surface area contributed by atoms with Gasteiger partial charge in [0.05, 0.1) is 19.3 Å². The highest BCUT2D eigenvalue weighted by Gasteiger charge is 2.49. The summed E-state index contributed by atoms with van der Waals surface area (Å²) in [7, 11) is -5.44. The molecule has 0 spiro atoms. The van der Waals surface area contributed by atoms with Crippen LogP contribution in [0.4, 0.5) is 0 Å². The summed E-state index contributed by atoms with van der Waals surface area (Å²) in [5.41, 5.74) is 5.67. The SMILES string of the molecule is N[C@@H]1C[S+](C[C@@H](O)[C@H](CO)OS(=O)(=O)O)[C@H](CO)[C@H]1O. The molecule has 1 rings (SSSR count). The molecule has 0 aromatic carbocycles. The molecule has 1 heterocycles. The molecule has 11 heteroatoms. The van der Waals surface area contributed by atoms with Crippen LogP contribution < -0.4 is 5.73 Å². The minimum atomic E-state index is -4.80. The maximum Gasteiger partial charge on any atom is 0.397 e. The fourth-order valence-corrected chi connectivity index (χ4v) is 5.33. The maximum absolute atomic E-state index is 10.6. The minimum absolute atomic E-state index is 0.00324. The van der Waals surface area contributed by atoms with E-state index in [1.54, 1.807) is 0 Å². The van der Waals surface area contributed by atoms with Crippen LogP contribution in [0.5, 0.6) is 0 Å². The molecular weight excluding hydrogens is 314 g/mol. The van der Waals surface area contributed by atoms with Crippen LogP contribution in [0.1, 0.15) is 0 Å². The number of aliphatic hydroxyl groups is 4. The first-order valence-corrected chi connectivity index (χ1v) is 8.84. The molecule has 20 heavy (non-hydrogen) atoms. The highest BCUT2D eigenvalue weighted by molar-refractivity contribution is 7.97. The molecule has 7 N–H and O–H groups in total. The second-order valence-electron chi connectivity index (χ2n) is 4.56. The number of aliphatic hydroxyl groups excluding tert-OH is 4. The van der Waals surface area contributed by atoms with Crippen LogP contribution >= 0.6 is 0 Å². The van der Waals surface area contributed by atoms with Gasteiger partial charge in [0.1, 0.15) is 29.8 Å². The first-order valence-electron chi connectivity index (χ1n) is 5.85. The van der Waals surface area contributed by atoms with Crippen LogP contribution in [0.3, 0.4) is 0 Å². The zero-order chi connectivity index (χ0) is 15.5. The van der Waals surface area contributed by atoms with Crippen molar-refractivity contribution in [2.45, 2.75) is 29.6 Å². The molecular formula is C9H20NO8S2+. The zero-order valence-electron chi connectivity index (χ0n) is 10.6. The standard InChI is InChI=1S/C9H19NO8S2/c10-5-3-19(8(2-12)9(5)14)4-6(13)7(1-11)18-20(15,16)17/h5-9,11-14H,1-4,10H2/p+1/t5-,6-,7+,8-,9+,19?/m1/s1. The van der Waals surface area contributed by atoms with Crippen molar-refractivity contribution in [1.82, 2.24) is 0 Å². The molecule has 0 amide bonds. The maximum atomic E-state index is 10.6. The van der Waals surface area contributed by atoms with Gasteiger partial charge < -0.3 is 26.2 Å². The lowest BCUT2D eigenvalue weighted by Crippen LogP contribution is -2.43. The Labute approximate surface area is 119 Å². The summed E-state index contributed by atoms with van der Waals surface area (Å²) in [4.78, 5) is 0. The van der Waals surface area contributed by atoms with Gasteiger partial charge in [-0.1, -0.05) is 0 Å². The van der Waals surface area contributed by atoms with E-state index in [0.29, 0.717) is 5.75 Å². The van der Waals surface area contributed by atoms with Crippen LogP contribution in [0.15, 0.2) is 0 Å². The Morgan fingerprint density at radius 3 is 2.45 bits per heavy atom. The molecule has 0 radical (unpaired) electrons. The minimum Gasteiger partial charge on any atom is -0.394 e. The van der Waals surface area contributed by atoms with Crippen molar-refractivity contribution in [3.63, 3.8) is 0 Å². The fraction of sp³-hybridized carbons (Fsp3) is 1.00. The van der Waals surface area contributed by atoms with Gasteiger partial charge in [0.2, 0.25) is 0 Å². The molecule has 0 aromatic heterocycles. The highest BCUT2D eigenvalue weighted by atomic mass is 32.3. The predicted octanol–water partition coefficient (Wildman–Crippen LogP) is -3.79. The molecule has 1 aliphatic heterocycles. The van der Waals surface area contributed by atoms with Gasteiger partial charge in [-0.05, 0) is 10.9 Å². The van der Waals surface area contributed by atoms with E-state index in [1.165, 1.54) is 0 Å². The smallest absolute Gasteiger partial charge is 0.394 e. The Hall–Kier alpha value is 0.0200. The number of rotatable bonds is 7. The Morgan fingerprint density at radius 1 is 1.40 bits per heavy atom. The molecule has 1 unspecified atom stereocenters. The molecule has 120 valence electrons. The van der Waals surface area contributed by atoms with E-state index >= 15 is 0 Å². The van der Waals surface area contributed by atoms with Gasteiger partial charge in [-0.15, -0.1) is 0 Å². The van der Waals surface area contributed by atoms with E-state index in [0.717, 1.165) is 0 Å². The van der Waals surface area contributed by atoms with Crippen molar-refractivity contribution in [3.05, 3.63) is 0 Å². The Balaban J connectivity index is 2.66. The number of nitrogens with two attached hydrogens (primary N) is 1. The van der Waals surface area contributed by atoms with Crippen molar-refractivity contribution in [2.24, 2.45) is 5.73 Å². The van der Waals surface area contributed by atoms with Gasteiger partial charge in [-0.3, -0.25) is 4.55 Å². The molecule has 0 bridgehead atoms. The van der Waals surface area contributed by atoms with Crippen LogP contribution in [0.2, 0.25) is 0 Å². The van der Waals surface area contributed by atoms with Gasteiger partial charge in [-0.2, -0.15) is 8.42 Å². The first kappa shape index (κ1) is 18.1. The molecule has 1 saturated heterocycles. The van der Waals surface area contributed by atoms with Crippen molar-refractivity contribution in [3.8, 4) is 0 Å². The van der Waals surface area contributed by atoms with Crippen LogP contribution in [0, 0.1) is 0 Å². The molecule has 1 aliphatic rings. The van der Waals surface area contributed by atoms with Gasteiger partial charge in [0, 0.05) is 0 Å². The summed E-state index contributed by atoms with van der Waals surface area (Å²) in [6, 6.07) is -0.530. The van der Waals surface area contributed by atoms with Crippen LogP contribution in [-0.4, -0.2) is 87.7 Å². The molecule has 6 atom stereocenters. The fourth-order valence-electron chi connectivity index (χ4n) is 2.05. The quantitative estimate of drug-likeness (QED) is 0.202. The van der Waals surface area contributed by atoms with Crippen molar-refractivity contribution < 1.29 is 37.6 Å². The Bertz CT molecular complexity index is 405. The van der Waals surface area contributed by atoms with Crippen molar-refractivity contribution >= 4 is 21.3 Å². The van der Waals surface area contributed by atoms with Gasteiger partial charge in [0.15, 0.2) is 5.25 Å². The zero-order valence-corrected chi connectivity index (χ0v) is 12.2. The number of hydrogen-bond acceptors (Lipinski definition) is 8. The Morgan fingerprint density at radius 2 is 2.00 bits per heavy atom. The molecule has 1 fully saturated rings. The summed E-state index contributed by atoms with van der Waals surface area (Å²) < 4.78 is 33.9. The van der Waals surface area contributed by atoms with Crippen LogP contribution in [-0.2, 0) is 25.5 Å². The summed E-state index contributed by atoms with van der Waals surface area (Å²) >= 11 is 0. The lowest BCUT2D eigenvalue weighted by atomic mass is 10.1. The summed E-state index contributed by atoms with van der Waals surface area (Å²) in [6.45, 7) is -1.12. The average Bonchev–Trinajstić information content (AvgIpc) is 2.60. The molecule has 0 saturated carbocycles. The van der Waals surface area contributed by atoms with E-state index in [1.807, 2.05) is 0 Å². The highest BCUT2D eigenvalue weighted by Crippen LogP contribution is 2.24. The van der Waals surface area contributed by atoms with Gasteiger partial charge >= 0.3 is 10.4 Å². The molecule has 0 aliphatic carbocycles. The topological polar surface area (TPSA) is 171 Å². The van der Waals surface area contributed by atoms with Crippen molar-refractivity contribution in [2.75, 3.05) is 24.7 Å². The van der Waals surface area contributed by atoms with E-state index in [4.69, 9.17) is 15.4 Å². The van der Waals surface area contributed by atoms with E-state index in [9.17, 15) is 23.7 Å². The predicted molar refractivity (Wildman–Crippen MR) is 71.5 cm³/mol. The summed E-state index contributed by atoms with van der Waals surface area (Å²) in [5.74, 6) is 0.365. The van der Waals surface area contributed by atoms with E-state index in [-0.39, 0.29) is 12.4 Å². The van der Waals surface area contributed by atoms with Crippen molar-refractivity contribution in [1.29, 1.82) is 0 Å². The first-order chi connectivity index (χ1) is 9.19. The van der Waals surface area contributed by atoms with E-state index in [2.05, 4.69) is 4.18 Å². The Kier molecular flexibility index (Phi) is 6.63. The third-order valence-corrected chi connectivity index (χ3v) is 6.43. The van der Waals surface area contributed by atoms with Gasteiger partial charge in [0.25, 0.3) is 0 Å². The van der Waals surface area contributed by atoms with Gasteiger partial charge in [-0.25, -0.2) is 4.18 Å². The largest absolute Gasteiger partial charge is 0.397 e. The van der Waals surface area contributed by atoms with E-state index < -0.39 is 57.5 Å². The average molecular weight is 334 g/mol. The third-order valence-electron chi connectivity index (χ3n) is 3.07. The molecule has 0 aromatic rings. The lowest BCUT2D eigenvalue weighted by Gasteiger charge is -2.20. The number of hydrogen-bond donors (Lipinski definition) is 6. The second kappa shape index (κ2) is 7.33. The van der Waals surface area contributed by atoms with Crippen LogP contribution in [0.25, 0.3) is 0 Å². The molecule has 9 nitrogen and oxygen atoms in total. The second-order valence-corrected chi connectivity index (χ2v) is 7.95. The third kappa shape index (κ3) is 4.79. The summed E-state index contributed by atoms with van der Waals surface area (Å²) in [5, 5.41) is 37.3. The lowest BCUT2D eigenvalue weighted by molar-refractivity contribution is 0.0113. The monoisotopic (exact) mass is 334 g/mol. The normalized spacial score (nSPS) is 34.1. The summed E-state index contributed by atoms with van der Waals surface area (Å²) in [6.07, 6.45) is -3.78.